The van der Waals surface area contributed by atoms with Gasteiger partial charge in [0, 0.05) is 0 Å². The molecule has 62 valence electrons. The number of carbonyl (C=O) groups is 1. The number of carbonyl (C=O) groups excluding carboxylic acids is 1. The van der Waals surface area contributed by atoms with Crippen molar-refractivity contribution in [1.29, 1.82) is 0 Å². The molecule has 0 amide bonds. The molecule has 0 bridgehead atoms. The van der Waals surface area contributed by atoms with E-state index in [9.17, 15) is 9.90 Å². The van der Waals surface area contributed by atoms with Crippen molar-refractivity contribution in [2.24, 2.45) is 0 Å². The molecule has 0 radical (unpaired) electrons. The van der Waals surface area contributed by atoms with Crippen LogP contribution in [0.2, 0.25) is 0 Å². The third kappa shape index (κ3) is 1.75. The Labute approximate surface area is 69.4 Å². The first-order chi connectivity index (χ1) is 5.15. The molecule has 1 rings (SSSR count). The summed E-state index contributed by atoms with van der Waals surface area (Å²) in [6.07, 6.45) is 0.971. The maximum Gasteiger partial charge on any atom is 0.322 e. The lowest BCUT2D eigenvalue weighted by atomic mass is 10.2. The van der Waals surface area contributed by atoms with Crippen LogP contribution in [0.5, 0.6) is 0 Å². The Balaban J connectivity index is 2.59. The number of thioether (sulfide) groups is 1. The highest BCUT2D eigenvalue weighted by atomic mass is 32.2. The number of esters is 1. The van der Waals surface area contributed by atoms with Crippen LogP contribution in [-0.2, 0) is 9.53 Å². The first-order valence-electron chi connectivity index (χ1n) is 3.26. The number of methoxy groups -OCH3 is 1. The molecule has 0 aliphatic carbocycles. The molecule has 1 aliphatic rings. The lowest BCUT2D eigenvalue weighted by molar-refractivity contribution is -0.141. The predicted molar refractivity (Wildman–Crippen MR) is 43.2 cm³/mol. The molecular weight excluding hydrogens is 164 g/mol. The number of aliphatic hydroxyl groups excluding tert-OH is 1. The number of allylic oxidation sites excluding steroid dienone is 1. The molecular formula is C7H10O3S. The summed E-state index contributed by atoms with van der Waals surface area (Å²) in [5, 5.41) is 8.80. The van der Waals surface area contributed by atoms with Crippen LogP contribution in [-0.4, -0.2) is 29.5 Å². The highest BCUT2D eigenvalue weighted by Crippen LogP contribution is 2.32. The minimum Gasteiger partial charge on any atom is -0.468 e. The summed E-state index contributed by atoms with van der Waals surface area (Å²) in [5.74, 6) is -0.365. The first-order valence-corrected chi connectivity index (χ1v) is 4.14. The van der Waals surface area contributed by atoms with E-state index in [1.54, 1.807) is 6.08 Å². The van der Waals surface area contributed by atoms with Crippen LogP contribution >= 0.6 is 11.8 Å². The summed E-state index contributed by atoms with van der Waals surface area (Å²) in [6.45, 7) is 1.86. The molecule has 3 nitrogen and oxygen atoms in total. The average molecular weight is 174 g/mol. The van der Waals surface area contributed by atoms with E-state index in [0.29, 0.717) is 0 Å². The van der Waals surface area contributed by atoms with Crippen LogP contribution in [0.15, 0.2) is 11.0 Å². The Bertz CT molecular complexity index is 200. The largest absolute Gasteiger partial charge is 0.468 e. The van der Waals surface area contributed by atoms with Crippen LogP contribution < -0.4 is 0 Å². The maximum absolute atomic E-state index is 10.9. The molecule has 0 aromatic carbocycles. The van der Waals surface area contributed by atoms with E-state index in [2.05, 4.69) is 4.74 Å². The van der Waals surface area contributed by atoms with E-state index in [-0.39, 0.29) is 5.97 Å². The summed E-state index contributed by atoms with van der Waals surface area (Å²) >= 11 is 1.34. The Morgan fingerprint density at radius 1 is 1.82 bits per heavy atom. The van der Waals surface area contributed by atoms with Crippen molar-refractivity contribution in [3.63, 3.8) is 0 Å². The molecule has 1 aliphatic heterocycles. The molecule has 0 saturated carbocycles. The molecule has 0 spiro atoms. The second kappa shape index (κ2) is 3.28. The van der Waals surface area contributed by atoms with E-state index >= 15 is 0 Å². The highest BCUT2D eigenvalue weighted by Gasteiger charge is 2.31. The monoisotopic (exact) mass is 174 g/mol. The van der Waals surface area contributed by atoms with Crippen molar-refractivity contribution in [2.75, 3.05) is 7.11 Å². The molecule has 1 heterocycles. The zero-order valence-electron chi connectivity index (χ0n) is 6.40. The second-order valence-electron chi connectivity index (χ2n) is 2.33. The Kier molecular flexibility index (Phi) is 2.57. The second-order valence-corrected chi connectivity index (χ2v) is 3.72. The quantitative estimate of drug-likeness (QED) is 0.589. The van der Waals surface area contributed by atoms with Crippen molar-refractivity contribution < 1.29 is 14.6 Å². The van der Waals surface area contributed by atoms with Crippen LogP contribution in [0.25, 0.3) is 0 Å². The number of rotatable bonds is 1. The van der Waals surface area contributed by atoms with Crippen LogP contribution in [0, 0.1) is 0 Å². The first kappa shape index (κ1) is 8.62. The fraction of sp³-hybridized carbons (Fsp3) is 0.571. The summed E-state index contributed by atoms with van der Waals surface area (Å²) in [5.41, 5.74) is 0. The number of hydrogen-bond donors (Lipinski definition) is 1. The molecule has 0 saturated heterocycles. The lowest BCUT2D eigenvalue weighted by Gasteiger charge is -2.09. The van der Waals surface area contributed by atoms with Gasteiger partial charge in [-0.05, 0) is 17.9 Å². The van der Waals surface area contributed by atoms with Gasteiger partial charge in [0.15, 0.2) is 0 Å². The zero-order chi connectivity index (χ0) is 8.43. The van der Waals surface area contributed by atoms with Gasteiger partial charge in [-0.2, -0.15) is 0 Å². The van der Waals surface area contributed by atoms with Gasteiger partial charge in [0.2, 0.25) is 0 Å². The smallest absolute Gasteiger partial charge is 0.322 e. The van der Waals surface area contributed by atoms with Gasteiger partial charge in [-0.15, -0.1) is 11.8 Å². The maximum atomic E-state index is 10.9. The third-order valence-corrected chi connectivity index (χ3v) is 2.70. The van der Waals surface area contributed by atoms with E-state index in [0.717, 1.165) is 4.91 Å². The minimum atomic E-state index is -0.688. The molecule has 2 unspecified atom stereocenters. The number of ether oxygens (including phenoxy) is 1. The van der Waals surface area contributed by atoms with Crippen LogP contribution in [0.1, 0.15) is 6.92 Å². The fourth-order valence-corrected chi connectivity index (χ4v) is 1.97. The normalized spacial score (nSPS) is 29.9. The minimum absolute atomic E-state index is 0.365. The summed E-state index contributed by atoms with van der Waals surface area (Å²) in [4.78, 5) is 11.9. The summed E-state index contributed by atoms with van der Waals surface area (Å²) < 4.78 is 4.50. The number of aliphatic hydroxyl groups is 1. The standard InChI is InChI=1S/C7H10O3S/c1-4-3-5(8)6(11-4)7(9)10-2/h3,5-6,8H,1-2H3. The van der Waals surface area contributed by atoms with Crippen molar-refractivity contribution in [3.8, 4) is 0 Å². The topological polar surface area (TPSA) is 46.5 Å². The zero-order valence-corrected chi connectivity index (χ0v) is 7.22. The van der Waals surface area contributed by atoms with Crippen molar-refractivity contribution in [1.82, 2.24) is 0 Å². The van der Waals surface area contributed by atoms with Gasteiger partial charge in [0.25, 0.3) is 0 Å². The summed E-state index contributed by atoms with van der Waals surface area (Å²) in [7, 11) is 1.32. The SMILES string of the molecule is COC(=O)C1SC(C)=CC1O. The molecule has 1 N–H and O–H groups in total. The molecule has 2 atom stereocenters. The van der Waals surface area contributed by atoms with Gasteiger partial charge in [-0.25, -0.2) is 0 Å². The Morgan fingerprint density at radius 3 is 2.82 bits per heavy atom. The highest BCUT2D eigenvalue weighted by molar-refractivity contribution is 8.04. The average Bonchev–Trinajstić information content (AvgIpc) is 2.28. The van der Waals surface area contributed by atoms with Crippen molar-refractivity contribution in [3.05, 3.63) is 11.0 Å². The van der Waals surface area contributed by atoms with Gasteiger partial charge in [0.05, 0.1) is 13.2 Å². The molecule has 11 heavy (non-hydrogen) atoms. The molecule has 0 aromatic rings. The van der Waals surface area contributed by atoms with Gasteiger partial charge >= 0.3 is 5.97 Å². The third-order valence-electron chi connectivity index (χ3n) is 1.46. The molecule has 0 fully saturated rings. The Hall–Kier alpha value is -0.480. The number of hydrogen-bond acceptors (Lipinski definition) is 4. The van der Waals surface area contributed by atoms with Crippen molar-refractivity contribution >= 4 is 17.7 Å². The van der Waals surface area contributed by atoms with Crippen LogP contribution in [0.4, 0.5) is 0 Å². The van der Waals surface area contributed by atoms with Gasteiger partial charge < -0.3 is 9.84 Å². The van der Waals surface area contributed by atoms with E-state index < -0.39 is 11.4 Å². The fourth-order valence-electron chi connectivity index (χ4n) is 0.941. The van der Waals surface area contributed by atoms with Gasteiger partial charge in [-0.3, -0.25) is 4.79 Å². The van der Waals surface area contributed by atoms with Gasteiger partial charge in [-0.1, -0.05) is 0 Å². The van der Waals surface area contributed by atoms with E-state index in [4.69, 9.17) is 0 Å². The van der Waals surface area contributed by atoms with Gasteiger partial charge in [0.1, 0.15) is 5.25 Å². The van der Waals surface area contributed by atoms with E-state index in [1.165, 1.54) is 18.9 Å². The molecule has 4 heteroatoms. The predicted octanol–water partition coefficient (Wildman–Crippen LogP) is 0.539. The lowest BCUT2D eigenvalue weighted by Crippen LogP contribution is -2.27. The Morgan fingerprint density at radius 2 is 2.45 bits per heavy atom. The molecule has 0 aromatic heterocycles. The van der Waals surface area contributed by atoms with Crippen LogP contribution in [0.3, 0.4) is 0 Å². The van der Waals surface area contributed by atoms with Crippen molar-refractivity contribution in [2.45, 2.75) is 18.3 Å². The summed E-state index contributed by atoms with van der Waals surface area (Å²) in [6, 6.07) is 0. The van der Waals surface area contributed by atoms with E-state index in [1.807, 2.05) is 6.92 Å².